The van der Waals surface area contributed by atoms with E-state index in [0.717, 1.165) is 17.8 Å². The highest BCUT2D eigenvalue weighted by molar-refractivity contribution is 6.33. The molecule has 1 heterocycles. The SMILES string of the molecule is O=C(CN1CCN(C(=O)c2cc(F)c(F)cc2Cl)CC1)Nc1ccccc1. The summed E-state index contributed by atoms with van der Waals surface area (Å²) < 4.78 is 26.6. The number of anilines is 1. The van der Waals surface area contributed by atoms with E-state index < -0.39 is 17.5 Å². The van der Waals surface area contributed by atoms with Crippen molar-refractivity contribution in [3.8, 4) is 0 Å². The third-order valence-electron chi connectivity index (χ3n) is 4.32. The first-order valence-corrected chi connectivity index (χ1v) is 8.83. The van der Waals surface area contributed by atoms with E-state index in [1.54, 1.807) is 12.1 Å². The van der Waals surface area contributed by atoms with Gasteiger partial charge in [-0.05, 0) is 24.3 Å². The lowest BCUT2D eigenvalue weighted by molar-refractivity contribution is -0.117. The summed E-state index contributed by atoms with van der Waals surface area (Å²) in [6, 6.07) is 10.8. The van der Waals surface area contributed by atoms with E-state index in [1.807, 2.05) is 23.1 Å². The smallest absolute Gasteiger partial charge is 0.255 e. The summed E-state index contributed by atoms with van der Waals surface area (Å²) in [5.74, 6) is -2.79. The Morgan fingerprint density at radius 2 is 1.63 bits per heavy atom. The van der Waals surface area contributed by atoms with Crippen LogP contribution in [-0.2, 0) is 4.79 Å². The van der Waals surface area contributed by atoms with E-state index in [4.69, 9.17) is 11.6 Å². The zero-order chi connectivity index (χ0) is 19.4. The topological polar surface area (TPSA) is 52.7 Å². The number of nitrogens with zero attached hydrogens (tertiary/aromatic N) is 2. The quantitative estimate of drug-likeness (QED) is 0.812. The Hall–Kier alpha value is -2.51. The summed E-state index contributed by atoms with van der Waals surface area (Å²) in [6.07, 6.45) is 0. The van der Waals surface area contributed by atoms with Crippen LogP contribution in [0.1, 0.15) is 10.4 Å². The lowest BCUT2D eigenvalue weighted by atomic mass is 10.1. The molecule has 142 valence electrons. The van der Waals surface area contributed by atoms with Gasteiger partial charge >= 0.3 is 0 Å². The van der Waals surface area contributed by atoms with Crippen LogP contribution in [0.2, 0.25) is 5.02 Å². The Kier molecular flexibility index (Phi) is 6.03. The molecule has 8 heteroatoms. The highest BCUT2D eigenvalue weighted by Gasteiger charge is 2.25. The molecule has 0 atom stereocenters. The molecule has 0 spiro atoms. The predicted molar refractivity (Wildman–Crippen MR) is 98.8 cm³/mol. The summed E-state index contributed by atoms with van der Waals surface area (Å²) >= 11 is 5.87. The lowest BCUT2D eigenvalue weighted by Gasteiger charge is -2.34. The average Bonchev–Trinajstić information content (AvgIpc) is 2.65. The maximum atomic E-state index is 13.4. The first-order chi connectivity index (χ1) is 12.9. The van der Waals surface area contributed by atoms with Gasteiger partial charge in [-0.15, -0.1) is 0 Å². The van der Waals surface area contributed by atoms with Gasteiger partial charge in [0.2, 0.25) is 5.91 Å². The number of nitrogens with one attached hydrogen (secondary N) is 1. The summed E-state index contributed by atoms with van der Waals surface area (Å²) in [5.41, 5.74) is 0.662. The van der Waals surface area contributed by atoms with Gasteiger partial charge in [0.05, 0.1) is 17.1 Å². The Labute approximate surface area is 160 Å². The van der Waals surface area contributed by atoms with Crippen molar-refractivity contribution in [1.29, 1.82) is 0 Å². The standard InChI is InChI=1S/C19H18ClF2N3O2/c20-15-11-17(22)16(21)10-14(15)19(27)25-8-6-24(7-9-25)12-18(26)23-13-4-2-1-3-5-13/h1-5,10-11H,6-9,12H2,(H,23,26). The number of amides is 2. The van der Waals surface area contributed by atoms with Crippen molar-refractivity contribution in [3.63, 3.8) is 0 Å². The largest absolute Gasteiger partial charge is 0.336 e. The number of hydrogen-bond acceptors (Lipinski definition) is 3. The minimum absolute atomic E-state index is 0.0640. The molecule has 0 aromatic heterocycles. The van der Waals surface area contributed by atoms with Crippen molar-refractivity contribution in [3.05, 3.63) is 64.7 Å². The van der Waals surface area contributed by atoms with Gasteiger partial charge in [0.1, 0.15) is 0 Å². The van der Waals surface area contributed by atoms with Crippen LogP contribution in [0.3, 0.4) is 0 Å². The Morgan fingerprint density at radius 1 is 1.00 bits per heavy atom. The van der Waals surface area contributed by atoms with Crippen LogP contribution in [0.25, 0.3) is 0 Å². The fraction of sp³-hybridized carbons (Fsp3) is 0.263. The molecule has 3 rings (SSSR count). The van der Waals surface area contributed by atoms with Crippen molar-refractivity contribution in [1.82, 2.24) is 9.80 Å². The first kappa shape index (κ1) is 19.3. The molecule has 1 N–H and O–H groups in total. The molecular weight excluding hydrogens is 376 g/mol. The van der Waals surface area contributed by atoms with Gasteiger partial charge in [-0.2, -0.15) is 0 Å². The van der Waals surface area contributed by atoms with Gasteiger partial charge in [-0.3, -0.25) is 14.5 Å². The molecule has 0 saturated carbocycles. The monoisotopic (exact) mass is 393 g/mol. The number of hydrogen-bond donors (Lipinski definition) is 1. The molecule has 2 aromatic rings. The van der Waals surface area contributed by atoms with Crippen LogP contribution in [0.4, 0.5) is 14.5 Å². The van der Waals surface area contributed by atoms with Gasteiger partial charge in [0.15, 0.2) is 11.6 Å². The van der Waals surface area contributed by atoms with Crippen molar-refractivity contribution in [2.24, 2.45) is 0 Å². The van der Waals surface area contributed by atoms with Crippen LogP contribution >= 0.6 is 11.6 Å². The van der Waals surface area contributed by atoms with Crippen LogP contribution in [0.5, 0.6) is 0 Å². The van der Waals surface area contributed by atoms with Gasteiger partial charge in [-0.25, -0.2) is 8.78 Å². The number of para-hydroxylation sites is 1. The van der Waals surface area contributed by atoms with E-state index in [-0.39, 0.29) is 23.0 Å². The minimum Gasteiger partial charge on any atom is -0.336 e. The third kappa shape index (κ3) is 4.81. The second-order valence-electron chi connectivity index (χ2n) is 6.23. The summed E-state index contributed by atoms with van der Waals surface area (Å²) in [5, 5.41) is 2.69. The van der Waals surface area contributed by atoms with Gasteiger partial charge in [0.25, 0.3) is 5.91 Å². The number of piperazine rings is 1. The van der Waals surface area contributed by atoms with Crippen LogP contribution in [-0.4, -0.2) is 54.3 Å². The Balaban J connectivity index is 1.53. The normalized spacial score (nSPS) is 14.9. The molecule has 0 radical (unpaired) electrons. The average molecular weight is 394 g/mol. The van der Waals surface area contributed by atoms with Gasteiger partial charge in [0, 0.05) is 31.9 Å². The van der Waals surface area contributed by atoms with E-state index in [0.29, 0.717) is 26.2 Å². The molecule has 1 fully saturated rings. The molecule has 5 nitrogen and oxygen atoms in total. The summed E-state index contributed by atoms with van der Waals surface area (Å²) in [6.45, 7) is 1.94. The molecular formula is C19H18ClF2N3O2. The zero-order valence-corrected chi connectivity index (χ0v) is 15.2. The van der Waals surface area contributed by atoms with Gasteiger partial charge in [-0.1, -0.05) is 29.8 Å². The van der Waals surface area contributed by atoms with Crippen molar-refractivity contribution >= 4 is 29.1 Å². The molecule has 0 unspecified atom stereocenters. The molecule has 2 amide bonds. The number of carbonyl (C=O) groups excluding carboxylic acids is 2. The third-order valence-corrected chi connectivity index (χ3v) is 4.64. The second kappa shape index (κ2) is 8.45. The van der Waals surface area contributed by atoms with E-state index >= 15 is 0 Å². The zero-order valence-electron chi connectivity index (χ0n) is 14.4. The Bertz CT molecular complexity index is 840. The Morgan fingerprint density at radius 3 is 2.30 bits per heavy atom. The molecule has 1 saturated heterocycles. The predicted octanol–water partition coefficient (Wildman–Crippen LogP) is 3.01. The van der Waals surface area contributed by atoms with E-state index in [2.05, 4.69) is 5.32 Å². The first-order valence-electron chi connectivity index (χ1n) is 8.45. The second-order valence-corrected chi connectivity index (χ2v) is 6.64. The number of benzene rings is 2. The summed E-state index contributed by atoms with van der Waals surface area (Å²) in [4.78, 5) is 28.1. The van der Waals surface area contributed by atoms with Crippen LogP contribution in [0.15, 0.2) is 42.5 Å². The number of carbonyl (C=O) groups is 2. The van der Waals surface area contributed by atoms with Crippen LogP contribution < -0.4 is 5.32 Å². The lowest BCUT2D eigenvalue weighted by Crippen LogP contribution is -2.50. The van der Waals surface area contributed by atoms with E-state index in [1.165, 1.54) is 4.90 Å². The highest BCUT2D eigenvalue weighted by Crippen LogP contribution is 2.22. The molecule has 2 aromatic carbocycles. The highest BCUT2D eigenvalue weighted by atomic mass is 35.5. The maximum absolute atomic E-state index is 13.4. The van der Waals surface area contributed by atoms with Gasteiger partial charge < -0.3 is 10.2 Å². The molecule has 1 aliphatic heterocycles. The molecule has 27 heavy (non-hydrogen) atoms. The van der Waals surface area contributed by atoms with E-state index in [9.17, 15) is 18.4 Å². The molecule has 0 bridgehead atoms. The molecule has 1 aliphatic rings. The number of halogens is 3. The summed E-state index contributed by atoms with van der Waals surface area (Å²) in [7, 11) is 0. The fourth-order valence-corrected chi connectivity index (χ4v) is 3.12. The maximum Gasteiger partial charge on any atom is 0.255 e. The molecule has 0 aliphatic carbocycles. The van der Waals surface area contributed by atoms with Crippen LogP contribution in [0, 0.1) is 11.6 Å². The fourth-order valence-electron chi connectivity index (χ4n) is 2.89. The van der Waals surface area contributed by atoms with Crippen molar-refractivity contribution in [2.75, 3.05) is 38.0 Å². The number of rotatable bonds is 4. The van der Waals surface area contributed by atoms with Crippen molar-refractivity contribution < 1.29 is 18.4 Å². The van der Waals surface area contributed by atoms with Crippen molar-refractivity contribution in [2.45, 2.75) is 0 Å². The minimum atomic E-state index is -1.11.